The average Bonchev–Trinajstić information content (AvgIpc) is 3.02. The lowest BCUT2D eigenvalue weighted by molar-refractivity contribution is -0.679. The van der Waals surface area contributed by atoms with Crippen LogP contribution >= 0.6 is 0 Å². The monoisotopic (exact) mass is 319 g/mol. The van der Waals surface area contributed by atoms with Crippen LogP contribution in [0.15, 0.2) is 15.6 Å². The minimum Gasteiger partial charge on any atom is -0.389 e. The molecule has 1 aromatic rings. The van der Waals surface area contributed by atoms with Crippen molar-refractivity contribution in [2.24, 2.45) is 4.99 Å². The van der Waals surface area contributed by atoms with Crippen molar-refractivity contribution in [3.63, 3.8) is 0 Å². The molecule has 2 aliphatic heterocycles. The maximum atomic E-state index is 12.8. The summed E-state index contributed by atoms with van der Waals surface area (Å²) in [7, 11) is 1.65. The zero-order valence-corrected chi connectivity index (χ0v) is 14.3. The van der Waals surface area contributed by atoms with Crippen molar-refractivity contribution in [2.75, 3.05) is 13.6 Å². The van der Waals surface area contributed by atoms with Crippen molar-refractivity contribution in [3.8, 4) is 0 Å². The van der Waals surface area contributed by atoms with Crippen LogP contribution < -0.4 is 4.57 Å². The van der Waals surface area contributed by atoms with E-state index in [-0.39, 0.29) is 17.4 Å². The lowest BCUT2D eigenvalue weighted by Gasteiger charge is -2.31. The molecule has 3 heterocycles. The van der Waals surface area contributed by atoms with Crippen LogP contribution in [0.1, 0.15) is 52.3 Å². The molecule has 0 spiro atoms. The average molecular weight is 319 g/mol. The van der Waals surface area contributed by atoms with Crippen LogP contribution in [0.4, 0.5) is 10.8 Å². The Kier molecular flexibility index (Phi) is 3.54. The molecular weight excluding hydrogens is 296 g/mol. The molecule has 1 aromatic heterocycles. The maximum Gasteiger partial charge on any atom is 0.506 e. The Morgan fingerprint density at radius 2 is 2.04 bits per heavy atom. The van der Waals surface area contributed by atoms with E-state index in [1.54, 1.807) is 11.6 Å². The molecule has 23 heavy (non-hydrogen) atoms. The highest BCUT2D eigenvalue weighted by Gasteiger charge is 2.55. The predicted octanol–water partition coefficient (Wildman–Crippen LogP) is 2.14. The van der Waals surface area contributed by atoms with Crippen LogP contribution in [0.25, 0.3) is 0 Å². The Morgan fingerprint density at radius 3 is 2.65 bits per heavy atom. The summed E-state index contributed by atoms with van der Waals surface area (Å²) < 4.78 is 7.53. The van der Waals surface area contributed by atoms with Gasteiger partial charge in [0.15, 0.2) is 5.76 Å². The first-order valence-electron chi connectivity index (χ1n) is 7.98. The van der Waals surface area contributed by atoms with Gasteiger partial charge >= 0.3 is 12.0 Å². The first-order valence-corrected chi connectivity index (χ1v) is 7.98. The number of aromatic nitrogens is 1. The molecule has 0 aliphatic carbocycles. The summed E-state index contributed by atoms with van der Waals surface area (Å²) in [6.45, 7) is 8.58. The number of rotatable bonds is 3. The van der Waals surface area contributed by atoms with Gasteiger partial charge in [0, 0.05) is 24.0 Å². The number of likely N-dealkylation sites (N-methyl/N-ethyl adjacent to an activating group) is 1. The number of hydrogen-bond donors (Lipinski definition) is 0. The highest BCUT2D eigenvalue weighted by Crippen LogP contribution is 2.32. The quantitative estimate of drug-likeness (QED) is 0.802. The Morgan fingerprint density at radius 1 is 1.35 bits per heavy atom. The Bertz CT molecular complexity index is 699. The standard InChI is InChI=1S/C16H23N4O3/c1-6-7-8-19-13(21)11-12(18(5)15(19)22)17-14-20(11)9-10(23-14)16(2,3)4/h9,11H,6-8H2,1-5H3/q+1. The molecule has 124 valence electrons. The van der Waals surface area contributed by atoms with Crippen LogP contribution in [-0.2, 0) is 10.2 Å². The molecule has 0 aromatic carbocycles. The van der Waals surface area contributed by atoms with Crippen LogP contribution in [0, 0.1) is 0 Å². The molecule has 0 saturated carbocycles. The fourth-order valence-electron chi connectivity index (χ4n) is 2.79. The molecular formula is C16H23N4O3+. The molecule has 7 nitrogen and oxygen atoms in total. The van der Waals surface area contributed by atoms with Crippen LogP contribution in [-0.4, -0.2) is 41.2 Å². The zero-order valence-electron chi connectivity index (χ0n) is 14.3. The number of nitrogens with zero attached hydrogens (tertiary/aromatic N) is 4. The second-order valence-electron chi connectivity index (χ2n) is 7.09. The molecule has 3 rings (SSSR count). The summed E-state index contributed by atoms with van der Waals surface area (Å²) in [5, 5.41) is 0. The fraction of sp³-hybridized carbons (Fsp3) is 0.625. The molecule has 0 radical (unpaired) electrons. The van der Waals surface area contributed by atoms with Crippen molar-refractivity contribution in [2.45, 2.75) is 52.0 Å². The highest BCUT2D eigenvalue weighted by atomic mass is 16.4. The van der Waals surface area contributed by atoms with Crippen molar-refractivity contribution in [3.05, 3.63) is 12.0 Å². The lowest BCUT2D eigenvalue weighted by atomic mass is 9.94. The van der Waals surface area contributed by atoms with E-state index in [0.717, 1.165) is 18.6 Å². The predicted molar refractivity (Wildman–Crippen MR) is 83.5 cm³/mol. The van der Waals surface area contributed by atoms with E-state index in [1.165, 1.54) is 9.80 Å². The minimum atomic E-state index is -0.607. The van der Waals surface area contributed by atoms with Gasteiger partial charge in [-0.25, -0.2) is 4.79 Å². The SMILES string of the molecule is CCCCN1C(=O)C2C(=Nc3oc(C(C)(C)C)c[n+]32)N(C)C1=O. The number of amides is 3. The number of hydrogen-bond acceptors (Lipinski definition) is 4. The Hall–Kier alpha value is -2.18. The first-order chi connectivity index (χ1) is 10.8. The van der Waals surface area contributed by atoms with E-state index >= 15 is 0 Å². The number of fused-ring (bicyclic) bond motifs is 3. The first kappa shape index (κ1) is 15.7. The highest BCUT2D eigenvalue weighted by molar-refractivity contribution is 6.18. The van der Waals surface area contributed by atoms with Crippen LogP contribution in [0.5, 0.6) is 0 Å². The van der Waals surface area contributed by atoms with Crippen molar-refractivity contribution in [1.82, 2.24) is 9.80 Å². The number of unbranched alkanes of at least 4 members (excludes halogenated alkanes) is 1. The molecule has 1 fully saturated rings. The summed E-state index contributed by atoms with van der Waals surface area (Å²) in [6.07, 6.45) is 3.54. The topological polar surface area (TPSA) is 70.0 Å². The normalized spacial score (nSPS) is 20.7. The molecule has 0 bridgehead atoms. The van der Waals surface area contributed by atoms with E-state index in [1.807, 2.05) is 33.9 Å². The van der Waals surface area contributed by atoms with Crippen molar-refractivity contribution in [1.29, 1.82) is 0 Å². The molecule has 7 heteroatoms. The molecule has 1 atom stereocenters. The summed E-state index contributed by atoms with van der Waals surface area (Å²) in [5.74, 6) is 0.972. The lowest BCUT2D eigenvalue weighted by Crippen LogP contribution is -2.62. The second kappa shape index (κ2) is 5.18. The summed E-state index contributed by atoms with van der Waals surface area (Å²) in [6, 6.07) is -0.551. The van der Waals surface area contributed by atoms with E-state index in [9.17, 15) is 9.59 Å². The summed E-state index contributed by atoms with van der Waals surface area (Å²) in [5.41, 5.74) is -0.172. The number of amidine groups is 1. The number of carbonyl (C=O) groups excluding carboxylic acids is 2. The number of imide groups is 1. The largest absolute Gasteiger partial charge is 0.506 e. The Balaban J connectivity index is 2.00. The molecule has 1 saturated heterocycles. The van der Waals surface area contributed by atoms with Gasteiger partial charge in [0.2, 0.25) is 0 Å². The maximum absolute atomic E-state index is 12.8. The van der Waals surface area contributed by atoms with E-state index < -0.39 is 6.04 Å². The van der Waals surface area contributed by atoms with E-state index in [4.69, 9.17) is 4.42 Å². The summed E-state index contributed by atoms with van der Waals surface area (Å²) in [4.78, 5) is 32.4. The fourth-order valence-corrected chi connectivity index (χ4v) is 2.79. The van der Waals surface area contributed by atoms with Gasteiger partial charge in [-0.2, -0.15) is 4.57 Å². The second-order valence-corrected chi connectivity index (χ2v) is 7.09. The number of aliphatic imine (C=N–C) groups is 1. The van der Waals surface area contributed by atoms with Gasteiger partial charge in [0.1, 0.15) is 6.20 Å². The van der Waals surface area contributed by atoms with Gasteiger partial charge in [-0.15, -0.1) is 0 Å². The van der Waals surface area contributed by atoms with Crippen LogP contribution in [0.3, 0.4) is 0 Å². The third-order valence-electron chi connectivity index (χ3n) is 4.25. The van der Waals surface area contributed by atoms with Gasteiger partial charge in [-0.05, 0) is 6.42 Å². The van der Waals surface area contributed by atoms with E-state index in [0.29, 0.717) is 18.4 Å². The molecule has 1 unspecified atom stereocenters. The van der Waals surface area contributed by atoms with Crippen molar-refractivity contribution >= 4 is 23.8 Å². The number of urea groups is 1. The van der Waals surface area contributed by atoms with E-state index in [2.05, 4.69) is 4.99 Å². The van der Waals surface area contributed by atoms with Gasteiger partial charge in [0.05, 0.1) is 0 Å². The Labute approximate surface area is 135 Å². The van der Waals surface area contributed by atoms with Gasteiger partial charge in [-0.1, -0.05) is 34.1 Å². The number of oxazole rings is 1. The van der Waals surface area contributed by atoms with Gasteiger partial charge in [-0.3, -0.25) is 14.6 Å². The molecule has 0 N–H and O–H groups in total. The van der Waals surface area contributed by atoms with Gasteiger partial charge in [0.25, 0.3) is 17.8 Å². The van der Waals surface area contributed by atoms with Crippen LogP contribution in [0.2, 0.25) is 0 Å². The third kappa shape index (κ3) is 2.34. The van der Waals surface area contributed by atoms with Gasteiger partial charge < -0.3 is 4.42 Å². The number of carbonyl (C=O) groups is 2. The third-order valence-corrected chi connectivity index (χ3v) is 4.25. The van der Waals surface area contributed by atoms with Crippen molar-refractivity contribution < 1.29 is 18.6 Å². The molecule has 3 amide bonds. The minimum absolute atomic E-state index is 0.172. The smallest absolute Gasteiger partial charge is 0.389 e. The zero-order chi connectivity index (χ0) is 16.9. The summed E-state index contributed by atoms with van der Waals surface area (Å²) >= 11 is 0. The molecule has 2 aliphatic rings.